The summed E-state index contributed by atoms with van der Waals surface area (Å²) in [5.41, 5.74) is 0. The number of hydrogen-bond acceptors (Lipinski definition) is 0. The van der Waals surface area contributed by atoms with Crippen LogP contribution in [0.2, 0.25) is 0 Å². The van der Waals surface area contributed by atoms with E-state index < -0.39 is 0 Å². The molecule has 0 aromatic carbocycles. The molecule has 0 bridgehead atoms. The van der Waals surface area contributed by atoms with Gasteiger partial charge in [-0.1, -0.05) is 28.4 Å². The molecule has 0 aliphatic carbocycles. The first-order valence-corrected chi connectivity index (χ1v) is 6.58. The van der Waals surface area contributed by atoms with Crippen molar-refractivity contribution < 1.29 is 0 Å². The fraction of sp³-hybridized carbons (Fsp3) is 0.500. The zero-order chi connectivity index (χ0) is 7.66. The minimum Gasteiger partial charge on any atom is -0.106 e. The predicted molar refractivity (Wildman–Crippen MR) is 53.3 cm³/mol. The van der Waals surface area contributed by atoms with Gasteiger partial charge in [0.05, 0.1) is 0 Å². The van der Waals surface area contributed by atoms with Crippen LogP contribution in [0.5, 0.6) is 0 Å². The summed E-state index contributed by atoms with van der Waals surface area (Å²) in [7, 11) is 2.00. The molecule has 0 spiro atoms. The SMILES string of the molecule is CC#CCPPCC#CC. The largest absolute Gasteiger partial charge is 0.106 e. The minimum atomic E-state index is 1.00. The molecule has 0 fully saturated rings. The molecule has 0 radical (unpaired) electrons. The highest BCUT2D eigenvalue weighted by Crippen LogP contribution is 2.34. The molecule has 2 atom stereocenters. The summed E-state index contributed by atoms with van der Waals surface area (Å²) >= 11 is 0. The maximum absolute atomic E-state index is 3.05. The third-order valence-corrected chi connectivity index (χ3v) is 3.60. The van der Waals surface area contributed by atoms with Gasteiger partial charge in [-0.3, -0.25) is 0 Å². The van der Waals surface area contributed by atoms with Gasteiger partial charge in [0, 0.05) is 12.3 Å². The van der Waals surface area contributed by atoms with Crippen LogP contribution in [0, 0.1) is 23.7 Å². The van der Waals surface area contributed by atoms with Crippen LogP contribution >= 0.6 is 16.5 Å². The fourth-order valence-electron chi connectivity index (χ4n) is 0.390. The van der Waals surface area contributed by atoms with E-state index in [0.29, 0.717) is 0 Å². The molecule has 0 nitrogen and oxygen atoms in total. The summed E-state index contributed by atoms with van der Waals surface area (Å²) in [5.74, 6) is 11.9. The Hall–Kier alpha value is -0.0200. The van der Waals surface area contributed by atoms with Crippen molar-refractivity contribution in [2.45, 2.75) is 13.8 Å². The van der Waals surface area contributed by atoms with E-state index >= 15 is 0 Å². The average molecular weight is 170 g/mol. The van der Waals surface area contributed by atoms with E-state index in [-0.39, 0.29) is 0 Å². The standard InChI is InChI=1S/C8H12P2/c1-3-5-7-9-10-8-6-4-2/h9-10H,7-8H2,1-2H3. The van der Waals surface area contributed by atoms with E-state index in [1.54, 1.807) is 0 Å². The average Bonchev–Trinajstić information content (AvgIpc) is 1.97. The lowest BCUT2D eigenvalue weighted by atomic mass is 10.7. The van der Waals surface area contributed by atoms with E-state index in [9.17, 15) is 0 Å². The fourth-order valence-corrected chi connectivity index (χ4v) is 2.45. The zero-order valence-electron chi connectivity index (χ0n) is 6.41. The Balaban J connectivity index is 3.00. The van der Waals surface area contributed by atoms with Crippen LogP contribution < -0.4 is 0 Å². The number of hydrogen-bond donors (Lipinski definition) is 0. The van der Waals surface area contributed by atoms with Crippen molar-refractivity contribution in [1.29, 1.82) is 0 Å². The molecule has 0 heterocycles. The Morgan fingerprint density at radius 3 is 1.60 bits per heavy atom. The molecule has 2 unspecified atom stereocenters. The van der Waals surface area contributed by atoms with Gasteiger partial charge < -0.3 is 0 Å². The van der Waals surface area contributed by atoms with Crippen LogP contribution in [0.25, 0.3) is 0 Å². The highest BCUT2D eigenvalue weighted by molar-refractivity contribution is 8.12. The smallest absolute Gasteiger partial charge is 0.0301 e. The molecule has 0 rings (SSSR count). The minimum absolute atomic E-state index is 1.00. The van der Waals surface area contributed by atoms with Crippen LogP contribution in [0.1, 0.15) is 13.8 Å². The normalized spacial score (nSPS) is 9.40. The first-order valence-electron chi connectivity index (χ1n) is 3.16. The van der Waals surface area contributed by atoms with Crippen LogP contribution in [0.4, 0.5) is 0 Å². The van der Waals surface area contributed by atoms with Crippen LogP contribution in [-0.2, 0) is 0 Å². The summed E-state index contributed by atoms with van der Waals surface area (Å²) in [6.07, 6.45) is 2.14. The highest BCUT2D eigenvalue weighted by Gasteiger charge is 1.79. The van der Waals surface area contributed by atoms with Gasteiger partial charge in [-0.25, -0.2) is 0 Å². The molecule has 0 N–H and O–H groups in total. The van der Waals surface area contributed by atoms with Crippen molar-refractivity contribution >= 4 is 16.5 Å². The van der Waals surface area contributed by atoms with Gasteiger partial charge in [0.25, 0.3) is 0 Å². The molecular formula is C8H12P2. The molecule has 10 heavy (non-hydrogen) atoms. The molecule has 0 aromatic heterocycles. The lowest BCUT2D eigenvalue weighted by Gasteiger charge is -1.88. The van der Waals surface area contributed by atoms with Gasteiger partial charge in [0.2, 0.25) is 0 Å². The van der Waals surface area contributed by atoms with E-state index in [1.165, 1.54) is 0 Å². The van der Waals surface area contributed by atoms with E-state index in [0.717, 1.165) is 28.9 Å². The van der Waals surface area contributed by atoms with Gasteiger partial charge in [0.15, 0.2) is 0 Å². The van der Waals surface area contributed by atoms with E-state index in [2.05, 4.69) is 23.7 Å². The molecule has 0 saturated heterocycles. The van der Waals surface area contributed by atoms with Gasteiger partial charge >= 0.3 is 0 Å². The molecule has 0 aliphatic heterocycles. The maximum atomic E-state index is 3.05. The summed E-state index contributed by atoms with van der Waals surface area (Å²) in [5, 5.41) is 0. The summed E-state index contributed by atoms with van der Waals surface area (Å²) in [6, 6.07) is 0. The Morgan fingerprint density at radius 1 is 0.900 bits per heavy atom. The molecule has 0 aliphatic rings. The van der Waals surface area contributed by atoms with Gasteiger partial charge in [0.1, 0.15) is 0 Å². The monoisotopic (exact) mass is 170 g/mol. The maximum Gasteiger partial charge on any atom is 0.0301 e. The van der Waals surface area contributed by atoms with E-state index in [1.807, 2.05) is 13.8 Å². The Bertz CT molecular complexity index is 153. The molecule has 2 heteroatoms. The Labute approximate surface area is 67.0 Å². The molecule has 0 aromatic rings. The topological polar surface area (TPSA) is 0 Å². The third kappa shape index (κ3) is 7.98. The van der Waals surface area contributed by atoms with Gasteiger partial charge in [-0.05, 0) is 13.8 Å². The van der Waals surface area contributed by atoms with Crippen molar-refractivity contribution in [3.8, 4) is 23.7 Å². The van der Waals surface area contributed by atoms with Crippen molar-refractivity contribution in [3.05, 3.63) is 0 Å². The van der Waals surface area contributed by atoms with Crippen LogP contribution in [-0.4, -0.2) is 12.3 Å². The number of rotatable bonds is 3. The second-order valence-corrected chi connectivity index (χ2v) is 5.10. The first-order chi connectivity index (χ1) is 4.91. The quantitative estimate of drug-likeness (QED) is 0.346. The zero-order valence-corrected chi connectivity index (χ0v) is 8.41. The molecule has 54 valence electrons. The Kier molecular flexibility index (Phi) is 8.96. The highest BCUT2D eigenvalue weighted by atomic mass is 32.0. The second kappa shape index (κ2) is 8.98. The Morgan fingerprint density at radius 2 is 1.30 bits per heavy atom. The van der Waals surface area contributed by atoms with Crippen LogP contribution in [0.15, 0.2) is 0 Å². The van der Waals surface area contributed by atoms with Crippen molar-refractivity contribution in [2.24, 2.45) is 0 Å². The summed E-state index contributed by atoms with van der Waals surface area (Å²) in [4.78, 5) is 0. The molecular weight excluding hydrogens is 158 g/mol. The summed E-state index contributed by atoms with van der Waals surface area (Å²) in [6.45, 7) is 3.78. The van der Waals surface area contributed by atoms with Crippen molar-refractivity contribution in [1.82, 2.24) is 0 Å². The molecule has 0 amide bonds. The lowest BCUT2D eigenvalue weighted by Crippen LogP contribution is -1.63. The summed E-state index contributed by atoms with van der Waals surface area (Å²) < 4.78 is 0. The van der Waals surface area contributed by atoms with Crippen molar-refractivity contribution in [3.63, 3.8) is 0 Å². The molecule has 0 saturated carbocycles. The van der Waals surface area contributed by atoms with Crippen LogP contribution in [0.3, 0.4) is 0 Å². The van der Waals surface area contributed by atoms with Gasteiger partial charge in [-0.2, -0.15) is 0 Å². The van der Waals surface area contributed by atoms with E-state index in [4.69, 9.17) is 0 Å². The lowest BCUT2D eigenvalue weighted by molar-refractivity contribution is 1.83. The van der Waals surface area contributed by atoms with Gasteiger partial charge in [-0.15, -0.1) is 11.8 Å². The first kappa shape index (κ1) is 9.98. The predicted octanol–water partition coefficient (Wildman–Crippen LogP) is 2.30. The third-order valence-electron chi connectivity index (χ3n) is 0.832. The van der Waals surface area contributed by atoms with Crippen molar-refractivity contribution in [2.75, 3.05) is 12.3 Å². The second-order valence-electron chi connectivity index (χ2n) is 1.56.